The number of aliphatic imine (C=N–C) groups is 1. The van der Waals surface area contributed by atoms with Crippen LogP contribution in [0, 0.1) is 17.1 Å². The van der Waals surface area contributed by atoms with Crippen molar-refractivity contribution in [3.05, 3.63) is 47.4 Å². The number of halogens is 1. The first kappa shape index (κ1) is 19.4. The van der Waals surface area contributed by atoms with E-state index in [0.717, 1.165) is 11.8 Å². The van der Waals surface area contributed by atoms with Gasteiger partial charge in [0.1, 0.15) is 11.9 Å². The highest BCUT2D eigenvalue weighted by atomic mass is 32.2. The lowest BCUT2D eigenvalue weighted by atomic mass is 10.1. The quantitative estimate of drug-likeness (QED) is 0.221. The van der Waals surface area contributed by atoms with Crippen LogP contribution in [-0.4, -0.2) is 29.7 Å². The van der Waals surface area contributed by atoms with Crippen molar-refractivity contribution in [3.63, 3.8) is 0 Å². The first-order chi connectivity index (χ1) is 11.5. The summed E-state index contributed by atoms with van der Waals surface area (Å²) in [6.07, 6.45) is 2.89. The number of ether oxygens (including phenoxy) is 1. The number of esters is 1. The minimum absolute atomic E-state index is 0.177. The Morgan fingerprint density at radius 2 is 2.12 bits per heavy atom. The lowest BCUT2D eigenvalue weighted by molar-refractivity contribution is -0.138. The van der Waals surface area contributed by atoms with E-state index < -0.39 is 5.97 Å². The van der Waals surface area contributed by atoms with Gasteiger partial charge in [0, 0.05) is 0 Å². The molecule has 0 radical (unpaired) electrons. The molecule has 0 fully saturated rings. The number of thioether (sulfide) groups is 1. The van der Waals surface area contributed by atoms with Gasteiger partial charge in [-0.05, 0) is 37.8 Å². The van der Waals surface area contributed by atoms with Gasteiger partial charge in [-0.2, -0.15) is 10.4 Å². The molecular formula is C16H17FN4O2S. The van der Waals surface area contributed by atoms with Crippen molar-refractivity contribution in [2.24, 2.45) is 10.1 Å². The summed E-state index contributed by atoms with van der Waals surface area (Å²) in [5.74, 6) is -1.05. The molecule has 6 nitrogen and oxygen atoms in total. The summed E-state index contributed by atoms with van der Waals surface area (Å²) in [5, 5.41) is 13.5. The van der Waals surface area contributed by atoms with Gasteiger partial charge in [0.25, 0.3) is 0 Å². The maximum atomic E-state index is 12.9. The Balaban J connectivity index is 2.86. The summed E-state index contributed by atoms with van der Waals surface area (Å²) in [6, 6.07) is 7.65. The van der Waals surface area contributed by atoms with Crippen molar-refractivity contribution in [1.29, 1.82) is 5.26 Å². The Kier molecular flexibility index (Phi) is 8.22. The molecule has 0 saturated carbocycles. The summed E-state index contributed by atoms with van der Waals surface area (Å²) in [4.78, 5) is 15.5. The highest BCUT2D eigenvalue weighted by Gasteiger charge is 2.09. The highest BCUT2D eigenvalue weighted by molar-refractivity contribution is 8.13. The average Bonchev–Trinajstić information content (AvgIpc) is 2.58. The standard InChI is InChI=1S/C16H17FN4O2S/c1-4-23-15(22)13(9-18)10-19-16(24-3)21-20-11(2)12-5-7-14(17)8-6-12/h5-8,10H,4H2,1-3H3,(H,19,21)/b13-10+,20-11?. The zero-order valence-electron chi connectivity index (χ0n) is 13.5. The SMILES string of the molecule is CCOC(=O)/C(C#N)=C/N=C(NN=C(C)c1ccc(F)cc1)SC. The maximum absolute atomic E-state index is 12.9. The lowest BCUT2D eigenvalue weighted by Gasteiger charge is -2.04. The number of nitriles is 1. The fourth-order valence-corrected chi connectivity index (χ4v) is 1.77. The van der Waals surface area contributed by atoms with Crippen molar-refractivity contribution in [2.45, 2.75) is 13.8 Å². The van der Waals surface area contributed by atoms with Gasteiger partial charge in [-0.15, -0.1) is 0 Å². The summed E-state index contributed by atoms with van der Waals surface area (Å²) in [5.41, 5.74) is 3.91. The molecule has 0 bridgehead atoms. The summed E-state index contributed by atoms with van der Waals surface area (Å²) in [7, 11) is 0. The summed E-state index contributed by atoms with van der Waals surface area (Å²) in [6.45, 7) is 3.59. The number of carbonyl (C=O) groups excluding carboxylic acids is 1. The fraction of sp³-hybridized carbons (Fsp3) is 0.250. The molecule has 0 aliphatic rings. The first-order valence-corrected chi connectivity index (χ1v) is 8.19. The van der Waals surface area contributed by atoms with E-state index in [9.17, 15) is 9.18 Å². The molecule has 8 heteroatoms. The van der Waals surface area contributed by atoms with Crippen LogP contribution in [0.5, 0.6) is 0 Å². The second-order valence-electron chi connectivity index (χ2n) is 4.33. The van der Waals surface area contributed by atoms with E-state index in [2.05, 4.69) is 15.5 Å². The number of carbonyl (C=O) groups is 1. The highest BCUT2D eigenvalue weighted by Crippen LogP contribution is 2.05. The number of hydrogen-bond donors (Lipinski definition) is 1. The Hall–Kier alpha value is -2.66. The first-order valence-electron chi connectivity index (χ1n) is 6.97. The monoisotopic (exact) mass is 348 g/mol. The largest absolute Gasteiger partial charge is 0.462 e. The smallest absolute Gasteiger partial charge is 0.350 e. The van der Waals surface area contributed by atoms with E-state index in [1.807, 2.05) is 0 Å². The molecule has 24 heavy (non-hydrogen) atoms. The van der Waals surface area contributed by atoms with E-state index in [1.54, 1.807) is 38.3 Å². The lowest BCUT2D eigenvalue weighted by Crippen LogP contribution is -2.16. The average molecular weight is 348 g/mol. The molecule has 0 saturated heterocycles. The van der Waals surface area contributed by atoms with Crippen molar-refractivity contribution in [3.8, 4) is 6.07 Å². The van der Waals surface area contributed by atoms with Crippen LogP contribution in [0.25, 0.3) is 0 Å². The molecule has 0 aliphatic carbocycles. The number of hydrazone groups is 1. The van der Waals surface area contributed by atoms with Gasteiger partial charge in [0.2, 0.25) is 0 Å². The van der Waals surface area contributed by atoms with Crippen LogP contribution in [0.3, 0.4) is 0 Å². The van der Waals surface area contributed by atoms with E-state index in [-0.39, 0.29) is 18.0 Å². The third kappa shape index (κ3) is 6.22. The number of benzene rings is 1. The maximum Gasteiger partial charge on any atom is 0.350 e. The van der Waals surface area contributed by atoms with Gasteiger partial charge in [0.15, 0.2) is 10.7 Å². The van der Waals surface area contributed by atoms with E-state index >= 15 is 0 Å². The van der Waals surface area contributed by atoms with E-state index in [4.69, 9.17) is 10.00 Å². The van der Waals surface area contributed by atoms with Gasteiger partial charge < -0.3 is 4.74 Å². The molecule has 0 atom stereocenters. The normalized spacial score (nSPS) is 12.5. The Labute approximate surface area is 144 Å². The second kappa shape index (κ2) is 10.2. The number of rotatable bonds is 5. The molecule has 1 aromatic carbocycles. The molecule has 0 aliphatic heterocycles. The Morgan fingerprint density at radius 1 is 1.46 bits per heavy atom. The van der Waals surface area contributed by atoms with Gasteiger partial charge in [0.05, 0.1) is 18.5 Å². The zero-order valence-corrected chi connectivity index (χ0v) is 14.4. The summed E-state index contributed by atoms with van der Waals surface area (Å²) >= 11 is 1.25. The molecule has 1 N–H and O–H groups in total. The van der Waals surface area contributed by atoms with Crippen LogP contribution in [-0.2, 0) is 9.53 Å². The molecule has 126 valence electrons. The Bertz CT molecular complexity index is 706. The van der Waals surface area contributed by atoms with Gasteiger partial charge >= 0.3 is 5.97 Å². The summed E-state index contributed by atoms with van der Waals surface area (Å²) < 4.78 is 17.6. The Morgan fingerprint density at radius 3 is 2.67 bits per heavy atom. The molecule has 1 rings (SSSR count). The molecule has 0 aromatic heterocycles. The van der Waals surface area contributed by atoms with Crippen LogP contribution in [0.1, 0.15) is 19.4 Å². The molecular weight excluding hydrogens is 331 g/mol. The van der Waals surface area contributed by atoms with Crippen molar-refractivity contribution >= 4 is 28.6 Å². The number of hydrogen-bond acceptors (Lipinski definition) is 6. The van der Waals surface area contributed by atoms with Crippen LogP contribution < -0.4 is 5.43 Å². The van der Waals surface area contributed by atoms with Gasteiger partial charge in [-0.1, -0.05) is 23.9 Å². The fourth-order valence-electron chi connectivity index (χ4n) is 1.47. The predicted molar refractivity (Wildman–Crippen MR) is 93.0 cm³/mol. The topological polar surface area (TPSA) is 86.8 Å². The number of nitrogens with zero attached hydrogens (tertiary/aromatic N) is 3. The molecule has 0 amide bonds. The number of amidine groups is 1. The van der Waals surface area contributed by atoms with Crippen LogP contribution >= 0.6 is 11.8 Å². The molecule has 1 aromatic rings. The van der Waals surface area contributed by atoms with Crippen molar-refractivity contribution in [1.82, 2.24) is 5.43 Å². The van der Waals surface area contributed by atoms with Crippen LogP contribution in [0.2, 0.25) is 0 Å². The van der Waals surface area contributed by atoms with Crippen LogP contribution in [0.4, 0.5) is 4.39 Å². The third-order valence-corrected chi connectivity index (χ3v) is 3.28. The van der Waals surface area contributed by atoms with Gasteiger partial charge in [-0.3, -0.25) is 5.43 Å². The van der Waals surface area contributed by atoms with E-state index in [0.29, 0.717) is 10.9 Å². The number of nitrogens with one attached hydrogen (secondary N) is 1. The molecule has 0 heterocycles. The minimum atomic E-state index is -0.727. The molecule has 0 spiro atoms. The van der Waals surface area contributed by atoms with Gasteiger partial charge in [-0.25, -0.2) is 14.2 Å². The van der Waals surface area contributed by atoms with E-state index in [1.165, 1.54) is 23.9 Å². The predicted octanol–water partition coefficient (Wildman–Crippen LogP) is 2.83. The third-order valence-electron chi connectivity index (χ3n) is 2.70. The zero-order chi connectivity index (χ0) is 17.9. The van der Waals surface area contributed by atoms with Crippen molar-refractivity contribution in [2.75, 3.05) is 12.9 Å². The molecule has 0 unspecified atom stereocenters. The second-order valence-corrected chi connectivity index (χ2v) is 5.12. The minimum Gasteiger partial charge on any atom is -0.462 e. The van der Waals surface area contributed by atoms with Crippen molar-refractivity contribution < 1.29 is 13.9 Å². The van der Waals surface area contributed by atoms with Crippen LogP contribution in [0.15, 0.2) is 46.1 Å².